The van der Waals surface area contributed by atoms with Gasteiger partial charge in [-0.05, 0) is 18.4 Å². The topological polar surface area (TPSA) is 58.4 Å². The lowest BCUT2D eigenvalue weighted by Crippen LogP contribution is -2.40. The number of rotatable bonds is 9. The molecule has 1 amide bonds. The molecule has 1 aromatic carbocycles. The molecule has 0 aliphatic carbocycles. The van der Waals surface area contributed by atoms with E-state index in [2.05, 4.69) is 22.3 Å². The number of hydrogen-bond donors (Lipinski definition) is 2. The first-order chi connectivity index (χ1) is 9.26. The lowest BCUT2D eigenvalue weighted by Gasteiger charge is -2.21. The summed E-state index contributed by atoms with van der Waals surface area (Å²) in [6.07, 6.45) is 1.91. The largest absolute Gasteiger partial charge is 0.355 e. The highest BCUT2D eigenvalue weighted by Crippen LogP contribution is 2.01. The highest BCUT2D eigenvalue weighted by atomic mass is 16.2. The van der Waals surface area contributed by atoms with E-state index in [-0.39, 0.29) is 5.91 Å². The van der Waals surface area contributed by atoms with Gasteiger partial charge in [0.1, 0.15) is 0 Å². The van der Waals surface area contributed by atoms with Crippen LogP contribution >= 0.6 is 0 Å². The maximum absolute atomic E-state index is 11.7. The van der Waals surface area contributed by atoms with Crippen LogP contribution in [0.3, 0.4) is 0 Å². The minimum atomic E-state index is 0.0864. The molecule has 1 rings (SSSR count). The number of carbonyl (C=O) groups is 1. The molecule has 0 bridgehead atoms. The summed E-state index contributed by atoms with van der Waals surface area (Å²) in [5.41, 5.74) is 6.89. The van der Waals surface area contributed by atoms with Crippen LogP contribution in [0.5, 0.6) is 0 Å². The Morgan fingerprint density at radius 3 is 2.63 bits per heavy atom. The van der Waals surface area contributed by atoms with Crippen molar-refractivity contribution < 1.29 is 4.79 Å². The van der Waals surface area contributed by atoms with Crippen molar-refractivity contribution in [1.82, 2.24) is 10.2 Å². The van der Waals surface area contributed by atoms with Crippen LogP contribution in [0.4, 0.5) is 0 Å². The molecule has 0 unspecified atom stereocenters. The van der Waals surface area contributed by atoms with E-state index in [1.165, 1.54) is 5.56 Å². The molecule has 0 fully saturated rings. The van der Waals surface area contributed by atoms with Gasteiger partial charge < -0.3 is 11.1 Å². The third-order valence-corrected chi connectivity index (χ3v) is 2.94. The highest BCUT2D eigenvalue weighted by molar-refractivity contribution is 5.77. The SMILES string of the molecule is CCCNC(=O)CN(CCN)CCc1ccccc1. The fourth-order valence-electron chi connectivity index (χ4n) is 1.91. The summed E-state index contributed by atoms with van der Waals surface area (Å²) >= 11 is 0. The predicted molar refractivity (Wildman–Crippen MR) is 78.9 cm³/mol. The molecule has 0 saturated heterocycles. The first-order valence-corrected chi connectivity index (χ1v) is 6.99. The van der Waals surface area contributed by atoms with Gasteiger partial charge in [0.2, 0.25) is 5.91 Å². The zero-order valence-electron chi connectivity index (χ0n) is 11.8. The molecule has 4 heteroatoms. The second-order valence-corrected chi connectivity index (χ2v) is 4.65. The number of hydrogen-bond acceptors (Lipinski definition) is 3. The normalized spacial score (nSPS) is 10.7. The van der Waals surface area contributed by atoms with Gasteiger partial charge in [-0.1, -0.05) is 37.3 Å². The van der Waals surface area contributed by atoms with Gasteiger partial charge >= 0.3 is 0 Å². The molecule has 1 aromatic rings. The summed E-state index contributed by atoms with van der Waals surface area (Å²) < 4.78 is 0. The van der Waals surface area contributed by atoms with Crippen LogP contribution in [0.25, 0.3) is 0 Å². The van der Waals surface area contributed by atoms with Crippen LogP contribution in [0.1, 0.15) is 18.9 Å². The number of nitrogens with one attached hydrogen (secondary N) is 1. The Morgan fingerprint density at radius 2 is 2.00 bits per heavy atom. The molecule has 0 radical (unpaired) electrons. The Balaban J connectivity index is 2.37. The molecule has 0 aliphatic heterocycles. The Morgan fingerprint density at radius 1 is 1.26 bits per heavy atom. The molecule has 0 heterocycles. The smallest absolute Gasteiger partial charge is 0.234 e. The van der Waals surface area contributed by atoms with Gasteiger partial charge in [0.05, 0.1) is 6.54 Å². The van der Waals surface area contributed by atoms with Crippen molar-refractivity contribution in [1.29, 1.82) is 0 Å². The molecule has 0 saturated carbocycles. The molecule has 0 spiro atoms. The van der Waals surface area contributed by atoms with E-state index >= 15 is 0 Å². The zero-order chi connectivity index (χ0) is 13.9. The number of carbonyl (C=O) groups excluding carboxylic acids is 1. The van der Waals surface area contributed by atoms with E-state index in [0.29, 0.717) is 13.1 Å². The number of nitrogens with zero attached hydrogens (tertiary/aromatic N) is 1. The zero-order valence-corrected chi connectivity index (χ0v) is 11.8. The van der Waals surface area contributed by atoms with Crippen LogP contribution in [-0.4, -0.2) is 43.5 Å². The van der Waals surface area contributed by atoms with Crippen molar-refractivity contribution in [2.24, 2.45) is 5.73 Å². The first-order valence-electron chi connectivity index (χ1n) is 6.99. The van der Waals surface area contributed by atoms with Crippen LogP contribution in [0.15, 0.2) is 30.3 Å². The Hall–Kier alpha value is -1.39. The van der Waals surface area contributed by atoms with E-state index in [1.807, 2.05) is 25.1 Å². The Labute approximate surface area is 116 Å². The second kappa shape index (κ2) is 9.53. The quantitative estimate of drug-likeness (QED) is 0.699. The van der Waals surface area contributed by atoms with Gasteiger partial charge in [-0.15, -0.1) is 0 Å². The third-order valence-electron chi connectivity index (χ3n) is 2.94. The number of benzene rings is 1. The van der Waals surface area contributed by atoms with Crippen molar-refractivity contribution in [3.8, 4) is 0 Å². The van der Waals surface area contributed by atoms with Gasteiger partial charge in [-0.25, -0.2) is 0 Å². The molecule has 0 atom stereocenters. The van der Waals surface area contributed by atoms with Gasteiger partial charge in [0.15, 0.2) is 0 Å². The van der Waals surface area contributed by atoms with Crippen LogP contribution in [0, 0.1) is 0 Å². The van der Waals surface area contributed by atoms with Crippen molar-refractivity contribution in [2.45, 2.75) is 19.8 Å². The van der Waals surface area contributed by atoms with E-state index < -0.39 is 0 Å². The van der Waals surface area contributed by atoms with Crippen molar-refractivity contribution in [3.63, 3.8) is 0 Å². The predicted octanol–water partition coefficient (Wildman–Crippen LogP) is 1.02. The molecule has 106 valence electrons. The van der Waals surface area contributed by atoms with Gasteiger partial charge in [0, 0.05) is 26.2 Å². The van der Waals surface area contributed by atoms with Gasteiger partial charge in [-0.3, -0.25) is 9.69 Å². The van der Waals surface area contributed by atoms with Crippen LogP contribution < -0.4 is 11.1 Å². The molecule has 3 N–H and O–H groups in total. The highest BCUT2D eigenvalue weighted by Gasteiger charge is 2.09. The number of amides is 1. The summed E-state index contributed by atoms with van der Waals surface area (Å²) in [6.45, 7) is 5.42. The van der Waals surface area contributed by atoms with Crippen molar-refractivity contribution in [2.75, 3.05) is 32.7 Å². The summed E-state index contributed by atoms with van der Waals surface area (Å²) in [6, 6.07) is 10.3. The average molecular weight is 263 g/mol. The fraction of sp³-hybridized carbons (Fsp3) is 0.533. The van der Waals surface area contributed by atoms with Crippen LogP contribution in [-0.2, 0) is 11.2 Å². The molecular weight excluding hydrogens is 238 g/mol. The summed E-state index contributed by atoms with van der Waals surface area (Å²) in [5, 5.41) is 2.90. The summed E-state index contributed by atoms with van der Waals surface area (Å²) in [5.74, 6) is 0.0864. The standard InChI is InChI=1S/C15H25N3O/c1-2-10-17-15(19)13-18(12-9-16)11-8-14-6-4-3-5-7-14/h3-7H,2,8-13,16H2,1H3,(H,17,19). The van der Waals surface area contributed by atoms with E-state index in [0.717, 1.165) is 32.5 Å². The molecule has 0 aromatic heterocycles. The van der Waals surface area contributed by atoms with E-state index in [9.17, 15) is 4.79 Å². The maximum atomic E-state index is 11.7. The lowest BCUT2D eigenvalue weighted by atomic mass is 10.1. The number of nitrogens with two attached hydrogens (primary N) is 1. The summed E-state index contributed by atoms with van der Waals surface area (Å²) in [7, 11) is 0. The minimum absolute atomic E-state index is 0.0864. The van der Waals surface area contributed by atoms with Crippen molar-refractivity contribution in [3.05, 3.63) is 35.9 Å². The van der Waals surface area contributed by atoms with E-state index in [4.69, 9.17) is 5.73 Å². The lowest BCUT2D eigenvalue weighted by molar-refractivity contribution is -0.122. The Kier molecular flexibility index (Phi) is 7.86. The first kappa shape index (κ1) is 15.7. The minimum Gasteiger partial charge on any atom is -0.355 e. The molecule has 4 nitrogen and oxygen atoms in total. The Bertz CT molecular complexity index is 354. The maximum Gasteiger partial charge on any atom is 0.234 e. The molecule has 19 heavy (non-hydrogen) atoms. The van der Waals surface area contributed by atoms with Gasteiger partial charge in [0.25, 0.3) is 0 Å². The molecule has 0 aliphatic rings. The molecular formula is C15H25N3O. The van der Waals surface area contributed by atoms with Crippen LogP contribution in [0.2, 0.25) is 0 Å². The second-order valence-electron chi connectivity index (χ2n) is 4.65. The fourth-order valence-corrected chi connectivity index (χ4v) is 1.91. The van der Waals surface area contributed by atoms with E-state index in [1.54, 1.807) is 0 Å². The van der Waals surface area contributed by atoms with Gasteiger partial charge in [-0.2, -0.15) is 0 Å². The van der Waals surface area contributed by atoms with Crippen molar-refractivity contribution >= 4 is 5.91 Å². The monoisotopic (exact) mass is 263 g/mol. The summed E-state index contributed by atoms with van der Waals surface area (Å²) in [4.78, 5) is 13.8. The third kappa shape index (κ3) is 6.94. The average Bonchev–Trinajstić information content (AvgIpc) is 2.44.